The first-order valence-electron chi connectivity index (χ1n) is 6.18. The van der Waals surface area contributed by atoms with E-state index >= 15 is 0 Å². The standard InChI is InChI=1S/C13H25NO/c1-13(2,3)9-8-12(15)10-6-4-5-7-11(10)14/h10-11H,4-9,14H2,1-3H3. The van der Waals surface area contributed by atoms with Gasteiger partial charge in [0.15, 0.2) is 0 Å². The van der Waals surface area contributed by atoms with E-state index < -0.39 is 0 Å². The molecule has 2 atom stereocenters. The number of carbonyl (C=O) groups is 1. The van der Waals surface area contributed by atoms with Crippen molar-refractivity contribution in [1.29, 1.82) is 0 Å². The van der Waals surface area contributed by atoms with E-state index in [2.05, 4.69) is 20.8 Å². The summed E-state index contributed by atoms with van der Waals surface area (Å²) in [6.07, 6.45) is 6.12. The number of nitrogens with two attached hydrogens (primary N) is 1. The zero-order valence-corrected chi connectivity index (χ0v) is 10.4. The van der Waals surface area contributed by atoms with Crippen LogP contribution >= 0.6 is 0 Å². The van der Waals surface area contributed by atoms with Crippen LogP contribution in [0.2, 0.25) is 0 Å². The number of Topliss-reactive ketones (excluding diaryl/α,β-unsaturated/α-hetero) is 1. The molecule has 2 heteroatoms. The summed E-state index contributed by atoms with van der Waals surface area (Å²) >= 11 is 0. The molecule has 0 amide bonds. The fraction of sp³-hybridized carbons (Fsp3) is 0.923. The molecule has 0 bridgehead atoms. The van der Waals surface area contributed by atoms with Crippen molar-refractivity contribution in [3.05, 3.63) is 0 Å². The molecule has 0 saturated heterocycles. The van der Waals surface area contributed by atoms with Gasteiger partial charge in [0.1, 0.15) is 5.78 Å². The molecule has 0 aliphatic heterocycles. The van der Waals surface area contributed by atoms with E-state index in [0.717, 1.165) is 19.3 Å². The van der Waals surface area contributed by atoms with Crippen molar-refractivity contribution in [2.75, 3.05) is 0 Å². The van der Waals surface area contributed by atoms with Gasteiger partial charge in [0, 0.05) is 18.4 Å². The summed E-state index contributed by atoms with van der Waals surface area (Å²) in [5.41, 5.74) is 6.26. The monoisotopic (exact) mass is 211 g/mol. The maximum absolute atomic E-state index is 12.0. The molecule has 0 spiro atoms. The Hall–Kier alpha value is -0.370. The highest BCUT2D eigenvalue weighted by molar-refractivity contribution is 5.81. The third-order valence-corrected chi connectivity index (χ3v) is 3.35. The van der Waals surface area contributed by atoms with E-state index in [0.29, 0.717) is 12.2 Å². The van der Waals surface area contributed by atoms with Gasteiger partial charge in [0.25, 0.3) is 0 Å². The Kier molecular flexibility index (Phi) is 4.32. The number of hydrogen-bond donors (Lipinski definition) is 1. The van der Waals surface area contributed by atoms with Gasteiger partial charge < -0.3 is 5.73 Å². The highest BCUT2D eigenvalue weighted by Gasteiger charge is 2.28. The maximum Gasteiger partial charge on any atom is 0.137 e. The highest BCUT2D eigenvalue weighted by atomic mass is 16.1. The van der Waals surface area contributed by atoms with Crippen molar-refractivity contribution in [3.8, 4) is 0 Å². The molecule has 1 fully saturated rings. The molecule has 0 aromatic heterocycles. The topological polar surface area (TPSA) is 43.1 Å². The predicted molar refractivity (Wildman–Crippen MR) is 63.6 cm³/mol. The van der Waals surface area contributed by atoms with E-state index in [1.165, 1.54) is 12.8 Å². The summed E-state index contributed by atoms with van der Waals surface area (Å²) in [4.78, 5) is 12.0. The van der Waals surface area contributed by atoms with Crippen LogP contribution in [0.15, 0.2) is 0 Å². The second-order valence-electron chi connectivity index (χ2n) is 6.08. The molecular formula is C13H25NO. The molecule has 2 N–H and O–H groups in total. The Morgan fingerprint density at radius 2 is 1.87 bits per heavy atom. The molecule has 0 heterocycles. The largest absolute Gasteiger partial charge is 0.327 e. The van der Waals surface area contributed by atoms with E-state index in [1.54, 1.807) is 0 Å². The van der Waals surface area contributed by atoms with Crippen molar-refractivity contribution in [3.63, 3.8) is 0 Å². The van der Waals surface area contributed by atoms with Crippen molar-refractivity contribution in [2.45, 2.75) is 65.3 Å². The molecule has 0 radical (unpaired) electrons. The first-order chi connectivity index (χ1) is 6.90. The normalized spacial score (nSPS) is 27.7. The van der Waals surface area contributed by atoms with Gasteiger partial charge >= 0.3 is 0 Å². The lowest BCUT2D eigenvalue weighted by Gasteiger charge is -2.28. The lowest BCUT2D eigenvalue weighted by atomic mass is 9.79. The van der Waals surface area contributed by atoms with Gasteiger partial charge in [-0.1, -0.05) is 33.6 Å². The fourth-order valence-corrected chi connectivity index (χ4v) is 2.24. The minimum Gasteiger partial charge on any atom is -0.327 e. The number of carbonyl (C=O) groups excluding carboxylic acids is 1. The fourth-order valence-electron chi connectivity index (χ4n) is 2.24. The van der Waals surface area contributed by atoms with Gasteiger partial charge in [-0.3, -0.25) is 4.79 Å². The summed E-state index contributed by atoms with van der Waals surface area (Å²) in [6, 6.07) is 0.131. The average Bonchev–Trinajstić information content (AvgIpc) is 2.14. The maximum atomic E-state index is 12.0. The molecular weight excluding hydrogens is 186 g/mol. The van der Waals surface area contributed by atoms with E-state index in [1.807, 2.05) is 0 Å². The van der Waals surface area contributed by atoms with Crippen LogP contribution in [-0.2, 0) is 4.79 Å². The van der Waals surface area contributed by atoms with Crippen LogP contribution < -0.4 is 5.73 Å². The molecule has 1 aliphatic rings. The zero-order valence-electron chi connectivity index (χ0n) is 10.4. The van der Waals surface area contributed by atoms with Crippen LogP contribution in [0.1, 0.15) is 59.3 Å². The Morgan fingerprint density at radius 1 is 1.27 bits per heavy atom. The van der Waals surface area contributed by atoms with Crippen LogP contribution in [0.4, 0.5) is 0 Å². The van der Waals surface area contributed by atoms with Crippen molar-refractivity contribution in [1.82, 2.24) is 0 Å². The van der Waals surface area contributed by atoms with Gasteiger partial charge in [-0.25, -0.2) is 0 Å². The minimum absolute atomic E-state index is 0.131. The van der Waals surface area contributed by atoms with E-state index in [-0.39, 0.29) is 17.4 Å². The quantitative estimate of drug-likeness (QED) is 0.780. The molecule has 0 aromatic carbocycles. The summed E-state index contributed by atoms with van der Waals surface area (Å²) in [6.45, 7) is 6.54. The van der Waals surface area contributed by atoms with E-state index in [4.69, 9.17) is 5.73 Å². The van der Waals surface area contributed by atoms with E-state index in [9.17, 15) is 4.79 Å². The highest BCUT2D eigenvalue weighted by Crippen LogP contribution is 2.27. The average molecular weight is 211 g/mol. The molecule has 2 unspecified atom stereocenters. The minimum atomic E-state index is 0.131. The summed E-state index contributed by atoms with van der Waals surface area (Å²) in [5, 5.41) is 0. The van der Waals surface area contributed by atoms with Gasteiger partial charge in [0.2, 0.25) is 0 Å². The molecule has 15 heavy (non-hydrogen) atoms. The van der Waals surface area contributed by atoms with Crippen LogP contribution in [0.25, 0.3) is 0 Å². The molecule has 1 rings (SSSR count). The second-order valence-corrected chi connectivity index (χ2v) is 6.08. The smallest absolute Gasteiger partial charge is 0.137 e. The van der Waals surface area contributed by atoms with Gasteiger partial charge in [0.05, 0.1) is 0 Å². The summed E-state index contributed by atoms with van der Waals surface area (Å²) in [5.74, 6) is 0.554. The molecule has 2 nitrogen and oxygen atoms in total. The Morgan fingerprint density at radius 3 is 2.40 bits per heavy atom. The van der Waals surface area contributed by atoms with Crippen molar-refractivity contribution < 1.29 is 4.79 Å². The second kappa shape index (κ2) is 5.11. The predicted octanol–water partition coefficient (Wildman–Crippen LogP) is 2.90. The van der Waals surface area contributed by atoms with Crippen LogP contribution in [-0.4, -0.2) is 11.8 Å². The Labute approximate surface area is 93.6 Å². The van der Waals surface area contributed by atoms with Crippen LogP contribution in [0.3, 0.4) is 0 Å². The summed E-state index contributed by atoms with van der Waals surface area (Å²) < 4.78 is 0. The molecule has 88 valence electrons. The Bertz CT molecular complexity index is 217. The first-order valence-corrected chi connectivity index (χ1v) is 6.18. The van der Waals surface area contributed by atoms with Crippen molar-refractivity contribution in [2.24, 2.45) is 17.1 Å². The van der Waals surface area contributed by atoms with Crippen molar-refractivity contribution >= 4 is 5.78 Å². The molecule has 1 saturated carbocycles. The van der Waals surface area contributed by atoms with Crippen LogP contribution in [0, 0.1) is 11.3 Å². The third kappa shape index (κ3) is 4.33. The van der Waals surface area contributed by atoms with Gasteiger partial charge in [-0.05, 0) is 24.7 Å². The van der Waals surface area contributed by atoms with Gasteiger partial charge in [-0.2, -0.15) is 0 Å². The number of rotatable bonds is 3. The lowest BCUT2D eigenvalue weighted by Crippen LogP contribution is -2.38. The number of ketones is 1. The number of hydrogen-bond acceptors (Lipinski definition) is 2. The molecule has 0 aromatic rings. The molecule has 1 aliphatic carbocycles. The first kappa shape index (κ1) is 12.7. The van der Waals surface area contributed by atoms with Crippen LogP contribution in [0.5, 0.6) is 0 Å². The zero-order chi connectivity index (χ0) is 11.5. The lowest BCUT2D eigenvalue weighted by molar-refractivity contribution is -0.124. The third-order valence-electron chi connectivity index (χ3n) is 3.35. The summed E-state index contributed by atoms with van der Waals surface area (Å²) in [7, 11) is 0. The Balaban J connectivity index is 2.39. The van der Waals surface area contributed by atoms with Gasteiger partial charge in [-0.15, -0.1) is 0 Å². The SMILES string of the molecule is CC(C)(C)CCC(=O)C1CCCCC1N.